The first-order valence-corrected chi connectivity index (χ1v) is 5.74. The molecule has 2 rings (SSSR count). The van der Waals surface area contributed by atoms with Crippen molar-refractivity contribution in [3.63, 3.8) is 0 Å². The third kappa shape index (κ3) is 2.96. The third-order valence-electron chi connectivity index (χ3n) is 2.82. The molecule has 1 aliphatic heterocycles. The van der Waals surface area contributed by atoms with Gasteiger partial charge in [-0.2, -0.15) is 5.10 Å². The minimum absolute atomic E-state index is 0.656. The number of hydrogen-bond acceptors (Lipinski definition) is 3. The standard InChI is InChI=1S/C11H19N3O/c1-2-14-8-11(7-13-14)15-9-10-4-3-5-12-6-10/h7-8,10,12H,2-6,9H2,1H3. The molecule has 1 aromatic heterocycles. The van der Waals surface area contributed by atoms with E-state index in [0.29, 0.717) is 5.92 Å². The van der Waals surface area contributed by atoms with Gasteiger partial charge in [-0.1, -0.05) is 0 Å². The zero-order valence-corrected chi connectivity index (χ0v) is 9.28. The topological polar surface area (TPSA) is 39.1 Å². The van der Waals surface area contributed by atoms with E-state index in [1.807, 2.05) is 10.9 Å². The monoisotopic (exact) mass is 209 g/mol. The van der Waals surface area contributed by atoms with Gasteiger partial charge >= 0.3 is 0 Å². The summed E-state index contributed by atoms with van der Waals surface area (Å²) in [6, 6.07) is 0. The van der Waals surface area contributed by atoms with Crippen molar-refractivity contribution in [2.75, 3.05) is 19.7 Å². The second kappa shape index (κ2) is 5.16. The number of aromatic nitrogens is 2. The van der Waals surface area contributed by atoms with Gasteiger partial charge in [0, 0.05) is 19.0 Å². The lowest BCUT2D eigenvalue weighted by Gasteiger charge is -2.22. The Morgan fingerprint density at radius 2 is 2.60 bits per heavy atom. The number of hydrogen-bond donors (Lipinski definition) is 1. The van der Waals surface area contributed by atoms with E-state index in [1.54, 1.807) is 6.20 Å². The van der Waals surface area contributed by atoms with Crippen molar-refractivity contribution in [3.05, 3.63) is 12.4 Å². The highest BCUT2D eigenvalue weighted by atomic mass is 16.5. The van der Waals surface area contributed by atoms with Crippen LogP contribution in [-0.2, 0) is 6.54 Å². The summed E-state index contributed by atoms with van der Waals surface area (Å²) >= 11 is 0. The van der Waals surface area contributed by atoms with Crippen molar-refractivity contribution in [1.29, 1.82) is 0 Å². The van der Waals surface area contributed by atoms with E-state index in [9.17, 15) is 0 Å². The Bertz CT molecular complexity index is 292. The molecule has 2 heterocycles. The van der Waals surface area contributed by atoms with E-state index in [2.05, 4.69) is 17.3 Å². The van der Waals surface area contributed by atoms with Crippen molar-refractivity contribution in [3.8, 4) is 5.75 Å². The second-order valence-corrected chi connectivity index (χ2v) is 4.06. The van der Waals surface area contributed by atoms with Gasteiger partial charge in [0.05, 0.1) is 19.0 Å². The Balaban J connectivity index is 1.76. The Morgan fingerprint density at radius 3 is 3.27 bits per heavy atom. The second-order valence-electron chi connectivity index (χ2n) is 4.06. The number of nitrogens with one attached hydrogen (secondary N) is 1. The lowest BCUT2D eigenvalue weighted by atomic mass is 10.0. The highest BCUT2D eigenvalue weighted by Crippen LogP contribution is 2.14. The van der Waals surface area contributed by atoms with Crippen LogP contribution in [0.15, 0.2) is 12.4 Å². The molecule has 84 valence electrons. The summed E-state index contributed by atoms with van der Waals surface area (Å²) in [7, 11) is 0. The summed E-state index contributed by atoms with van der Waals surface area (Å²) in [4.78, 5) is 0. The molecule has 1 aromatic rings. The summed E-state index contributed by atoms with van der Waals surface area (Å²) < 4.78 is 7.59. The molecule has 0 amide bonds. The molecule has 0 aromatic carbocycles. The van der Waals surface area contributed by atoms with Crippen LogP contribution in [0.5, 0.6) is 5.75 Å². The van der Waals surface area contributed by atoms with Gasteiger partial charge in [0.1, 0.15) is 0 Å². The number of rotatable bonds is 4. The molecule has 0 spiro atoms. The fraction of sp³-hybridized carbons (Fsp3) is 0.727. The molecular formula is C11H19N3O. The summed E-state index contributed by atoms with van der Waals surface area (Å²) in [6.45, 7) is 6.02. The van der Waals surface area contributed by atoms with Crippen molar-refractivity contribution in [1.82, 2.24) is 15.1 Å². The molecule has 15 heavy (non-hydrogen) atoms. The molecule has 1 aliphatic rings. The highest BCUT2D eigenvalue weighted by molar-refractivity contribution is 5.11. The fourth-order valence-corrected chi connectivity index (χ4v) is 1.87. The van der Waals surface area contributed by atoms with E-state index < -0.39 is 0 Å². The largest absolute Gasteiger partial charge is 0.490 e. The fourth-order valence-electron chi connectivity index (χ4n) is 1.87. The summed E-state index contributed by atoms with van der Waals surface area (Å²) in [5.74, 6) is 1.55. The van der Waals surface area contributed by atoms with Crippen LogP contribution in [0.3, 0.4) is 0 Å². The van der Waals surface area contributed by atoms with Crippen LogP contribution in [0.1, 0.15) is 19.8 Å². The number of nitrogens with zero attached hydrogens (tertiary/aromatic N) is 2. The molecule has 1 saturated heterocycles. The van der Waals surface area contributed by atoms with Gasteiger partial charge in [-0.3, -0.25) is 4.68 Å². The van der Waals surface area contributed by atoms with Crippen molar-refractivity contribution >= 4 is 0 Å². The van der Waals surface area contributed by atoms with Gasteiger partial charge in [-0.15, -0.1) is 0 Å². The Morgan fingerprint density at radius 1 is 1.67 bits per heavy atom. The molecule has 1 N–H and O–H groups in total. The van der Waals surface area contributed by atoms with Gasteiger partial charge in [0.2, 0.25) is 0 Å². The van der Waals surface area contributed by atoms with Crippen molar-refractivity contribution < 1.29 is 4.74 Å². The molecule has 0 aliphatic carbocycles. The van der Waals surface area contributed by atoms with Gasteiger partial charge in [-0.25, -0.2) is 0 Å². The van der Waals surface area contributed by atoms with E-state index in [4.69, 9.17) is 4.74 Å². The lowest BCUT2D eigenvalue weighted by Crippen LogP contribution is -2.32. The van der Waals surface area contributed by atoms with Crippen LogP contribution < -0.4 is 10.1 Å². The molecule has 1 fully saturated rings. The molecule has 0 bridgehead atoms. The lowest BCUT2D eigenvalue weighted by molar-refractivity contribution is 0.218. The zero-order chi connectivity index (χ0) is 10.5. The third-order valence-corrected chi connectivity index (χ3v) is 2.82. The minimum atomic E-state index is 0.656. The number of piperidine rings is 1. The van der Waals surface area contributed by atoms with Gasteiger partial charge in [0.25, 0.3) is 0 Å². The first-order valence-electron chi connectivity index (χ1n) is 5.74. The quantitative estimate of drug-likeness (QED) is 0.812. The predicted molar refractivity (Wildman–Crippen MR) is 59.0 cm³/mol. The maximum absolute atomic E-state index is 5.70. The number of ether oxygens (including phenoxy) is 1. The first kappa shape index (κ1) is 10.5. The Labute approximate surface area is 90.6 Å². The maximum atomic E-state index is 5.70. The normalized spacial score (nSPS) is 21.5. The van der Waals surface area contributed by atoms with Crippen LogP contribution in [-0.4, -0.2) is 29.5 Å². The van der Waals surface area contributed by atoms with E-state index >= 15 is 0 Å². The van der Waals surface area contributed by atoms with E-state index in [-0.39, 0.29) is 0 Å². The molecule has 1 atom stereocenters. The average molecular weight is 209 g/mol. The van der Waals surface area contributed by atoms with Gasteiger partial charge in [-0.05, 0) is 26.3 Å². The predicted octanol–water partition coefficient (Wildman–Crippen LogP) is 1.28. The SMILES string of the molecule is CCn1cc(OCC2CCCNC2)cn1. The minimum Gasteiger partial charge on any atom is -0.490 e. The first-order chi connectivity index (χ1) is 7.38. The van der Waals surface area contributed by atoms with Crippen molar-refractivity contribution in [2.45, 2.75) is 26.3 Å². The number of aryl methyl sites for hydroxylation is 1. The summed E-state index contributed by atoms with van der Waals surface area (Å²) in [5.41, 5.74) is 0. The van der Waals surface area contributed by atoms with Crippen LogP contribution in [0.25, 0.3) is 0 Å². The van der Waals surface area contributed by atoms with E-state index in [1.165, 1.54) is 12.8 Å². The van der Waals surface area contributed by atoms with Crippen molar-refractivity contribution in [2.24, 2.45) is 5.92 Å². The van der Waals surface area contributed by atoms with Crippen LogP contribution in [0.2, 0.25) is 0 Å². The molecule has 0 saturated carbocycles. The molecule has 1 unspecified atom stereocenters. The molecule has 0 radical (unpaired) electrons. The average Bonchev–Trinajstić information content (AvgIpc) is 2.76. The van der Waals surface area contributed by atoms with Gasteiger partial charge < -0.3 is 10.1 Å². The zero-order valence-electron chi connectivity index (χ0n) is 9.28. The van der Waals surface area contributed by atoms with Gasteiger partial charge in [0.15, 0.2) is 5.75 Å². The molecule has 4 heteroatoms. The smallest absolute Gasteiger partial charge is 0.157 e. The van der Waals surface area contributed by atoms with E-state index in [0.717, 1.165) is 32.0 Å². The summed E-state index contributed by atoms with van der Waals surface area (Å²) in [6.07, 6.45) is 6.28. The Kier molecular flexibility index (Phi) is 3.61. The molecule has 4 nitrogen and oxygen atoms in total. The van der Waals surface area contributed by atoms with Crippen LogP contribution >= 0.6 is 0 Å². The molecular weight excluding hydrogens is 190 g/mol. The van der Waals surface area contributed by atoms with Crippen LogP contribution in [0.4, 0.5) is 0 Å². The highest BCUT2D eigenvalue weighted by Gasteiger charge is 2.13. The Hall–Kier alpha value is -1.03. The summed E-state index contributed by atoms with van der Waals surface area (Å²) in [5, 5.41) is 7.56. The maximum Gasteiger partial charge on any atom is 0.157 e. The van der Waals surface area contributed by atoms with Crippen LogP contribution in [0, 0.1) is 5.92 Å².